The quantitative estimate of drug-likeness (QED) is 0.722. The molecule has 0 saturated carbocycles. The largest absolute Gasteiger partial charge is 0.481 e. The molecule has 0 bridgehead atoms. The topological polar surface area (TPSA) is 66.4 Å². The molecular formula is C19H23NO3. The van der Waals surface area contributed by atoms with Crippen molar-refractivity contribution < 1.29 is 14.7 Å². The molecular weight excluding hydrogens is 290 g/mol. The lowest BCUT2D eigenvalue weighted by Crippen LogP contribution is -2.30. The summed E-state index contributed by atoms with van der Waals surface area (Å²) in [5.74, 6) is -1.01. The molecule has 122 valence electrons. The Labute approximate surface area is 136 Å². The van der Waals surface area contributed by atoms with E-state index in [-0.39, 0.29) is 12.3 Å². The van der Waals surface area contributed by atoms with Crippen molar-refractivity contribution in [2.75, 3.05) is 0 Å². The molecule has 0 aliphatic rings. The lowest BCUT2D eigenvalue weighted by Gasteiger charge is -2.19. The highest BCUT2D eigenvalue weighted by molar-refractivity contribution is 5.87. The maximum atomic E-state index is 12.1. The number of carboxylic acid groups (broad SMARTS) is 1. The van der Waals surface area contributed by atoms with Gasteiger partial charge in [0.05, 0.1) is 12.5 Å². The van der Waals surface area contributed by atoms with Crippen molar-refractivity contribution in [1.29, 1.82) is 0 Å². The first kappa shape index (κ1) is 17.0. The predicted molar refractivity (Wildman–Crippen MR) is 91.2 cm³/mol. The molecule has 1 atom stereocenters. The zero-order valence-electron chi connectivity index (χ0n) is 13.4. The molecule has 1 amide bonds. The highest BCUT2D eigenvalue weighted by Gasteiger charge is 2.19. The average molecular weight is 313 g/mol. The molecule has 23 heavy (non-hydrogen) atoms. The summed E-state index contributed by atoms with van der Waals surface area (Å²) in [7, 11) is 0. The molecule has 0 spiro atoms. The van der Waals surface area contributed by atoms with Gasteiger partial charge in [-0.15, -0.1) is 0 Å². The molecule has 2 N–H and O–H groups in total. The number of fused-ring (bicyclic) bond motifs is 1. The summed E-state index contributed by atoms with van der Waals surface area (Å²) in [5.41, 5.74) is 0.856. The van der Waals surface area contributed by atoms with Crippen LogP contribution in [0.4, 0.5) is 0 Å². The maximum absolute atomic E-state index is 12.1. The number of hydrogen-bond acceptors (Lipinski definition) is 2. The third kappa shape index (κ3) is 4.81. The van der Waals surface area contributed by atoms with Gasteiger partial charge in [-0.05, 0) is 22.8 Å². The molecule has 4 heteroatoms. The van der Waals surface area contributed by atoms with Gasteiger partial charge < -0.3 is 10.4 Å². The van der Waals surface area contributed by atoms with Crippen LogP contribution >= 0.6 is 0 Å². The van der Waals surface area contributed by atoms with Gasteiger partial charge in [-0.1, -0.05) is 62.2 Å². The van der Waals surface area contributed by atoms with Gasteiger partial charge in [0.25, 0.3) is 0 Å². The van der Waals surface area contributed by atoms with Crippen LogP contribution in [-0.2, 0) is 9.59 Å². The van der Waals surface area contributed by atoms with Crippen LogP contribution in [0.25, 0.3) is 10.8 Å². The highest BCUT2D eigenvalue weighted by atomic mass is 16.4. The Morgan fingerprint density at radius 3 is 2.57 bits per heavy atom. The average Bonchev–Trinajstić information content (AvgIpc) is 2.53. The Kier molecular flexibility index (Phi) is 6.15. The zero-order chi connectivity index (χ0) is 16.7. The fraction of sp³-hybridized carbons (Fsp3) is 0.368. The number of carboxylic acids is 1. The van der Waals surface area contributed by atoms with Crippen molar-refractivity contribution in [3.05, 3.63) is 48.0 Å². The second kappa shape index (κ2) is 8.32. The molecule has 2 rings (SSSR count). The Bertz CT molecular complexity index is 676. The van der Waals surface area contributed by atoms with E-state index in [1.807, 2.05) is 42.5 Å². The molecule has 2 aromatic rings. The second-order valence-corrected chi connectivity index (χ2v) is 5.74. The summed E-state index contributed by atoms with van der Waals surface area (Å²) in [6.07, 6.45) is 3.21. The maximum Gasteiger partial charge on any atom is 0.305 e. The standard InChI is InChI=1S/C19H23NO3/c1-2-3-4-12-18(21)20-17(13-19(22)23)16-11-7-9-14-8-5-6-10-15(14)16/h5-11,17H,2-4,12-13H2,1H3,(H,20,21)(H,22,23)/t17-/m1/s1. The third-order valence-corrected chi connectivity index (χ3v) is 3.92. The Morgan fingerprint density at radius 1 is 1.09 bits per heavy atom. The number of carbonyl (C=O) groups excluding carboxylic acids is 1. The number of amides is 1. The predicted octanol–water partition coefficient (Wildman–Crippen LogP) is 4.05. The minimum atomic E-state index is -0.920. The van der Waals surface area contributed by atoms with Crippen molar-refractivity contribution in [3.8, 4) is 0 Å². The SMILES string of the molecule is CCCCCC(=O)N[C@H](CC(=O)O)c1cccc2ccccc12. The van der Waals surface area contributed by atoms with E-state index in [1.54, 1.807) is 0 Å². The van der Waals surface area contributed by atoms with Crippen LogP contribution in [0, 0.1) is 0 Å². The fourth-order valence-electron chi connectivity index (χ4n) is 2.77. The van der Waals surface area contributed by atoms with Crippen LogP contribution in [0.5, 0.6) is 0 Å². The third-order valence-electron chi connectivity index (χ3n) is 3.92. The van der Waals surface area contributed by atoms with Crippen molar-refractivity contribution in [2.45, 2.75) is 45.1 Å². The molecule has 0 fully saturated rings. The smallest absolute Gasteiger partial charge is 0.305 e. The molecule has 0 heterocycles. The van der Waals surface area contributed by atoms with Gasteiger partial charge in [-0.25, -0.2) is 0 Å². The summed E-state index contributed by atoms with van der Waals surface area (Å²) < 4.78 is 0. The number of unbranched alkanes of at least 4 members (excludes halogenated alkanes) is 2. The molecule has 2 aromatic carbocycles. The van der Waals surface area contributed by atoms with Crippen molar-refractivity contribution in [1.82, 2.24) is 5.32 Å². The van der Waals surface area contributed by atoms with Crippen molar-refractivity contribution in [2.24, 2.45) is 0 Å². The Morgan fingerprint density at radius 2 is 1.83 bits per heavy atom. The van der Waals surface area contributed by atoms with Crippen LogP contribution in [-0.4, -0.2) is 17.0 Å². The molecule has 0 aromatic heterocycles. The normalized spacial score (nSPS) is 12.0. The number of carbonyl (C=O) groups is 2. The summed E-state index contributed by atoms with van der Waals surface area (Å²) in [5, 5.41) is 14.1. The molecule has 0 aliphatic carbocycles. The van der Waals surface area contributed by atoms with Gasteiger partial charge in [0.1, 0.15) is 0 Å². The highest BCUT2D eigenvalue weighted by Crippen LogP contribution is 2.26. The lowest BCUT2D eigenvalue weighted by atomic mass is 9.96. The first-order chi connectivity index (χ1) is 11.1. The van der Waals surface area contributed by atoms with E-state index in [9.17, 15) is 14.7 Å². The summed E-state index contributed by atoms with van der Waals surface area (Å²) in [4.78, 5) is 23.3. The lowest BCUT2D eigenvalue weighted by molar-refractivity contribution is -0.137. The van der Waals surface area contributed by atoms with E-state index in [2.05, 4.69) is 12.2 Å². The first-order valence-electron chi connectivity index (χ1n) is 8.10. The van der Waals surface area contributed by atoms with Crippen LogP contribution in [0.3, 0.4) is 0 Å². The molecule has 0 aliphatic heterocycles. The van der Waals surface area contributed by atoms with Gasteiger partial charge in [0, 0.05) is 6.42 Å². The summed E-state index contributed by atoms with van der Waals surface area (Å²) in [6.45, 7) is 2.08. The molecule has 4 nitrogen and oxygen atoms in total. The Balaban J connectivity index is 2.23. The number of hydrogen-bond donors (Lipinski definition) is 2. The minimum Gasteiger partial charge on any atom is -0.481 e. The van der Waals surface area contributed by atoms with E-state index in [1.165, 1.54) is 0 Å². The van der Waals surface area contributed by atoms with E-state index in [4.69, 9.17) is 0 Å². The van der Waals surface area contributed by atoms with Gasteiger partial charge in [0.15, 0.2) is 0 Å². The number of benzene rings is 2. The Hall–Kier alpha value is -2.36. The van der Waals surface area contributed by atoms with Crippen LogP contribution in [0.15, 0.2) is 42.5 Å². The van der Waals surface area contributed by atoms with Crippen LogP contribution < -0.4 is 5.32 Å². The van der Waals surface area contributed by atoms with Crippen LogP contribution in [0.2, 0.25) is 0 Å². The van der Waals surface area contributed by atoms with Crippen LogP contribution in [0.1, 0.15) is 50.6 Å². The van der Waals surface area contributed by atoms with E-state index < -0.39 is 12.0 Å². The van der Waals surface area contributed by atoms with Gasteiger partial charge in [-0.3, -0.25) is 9.59 Å². The van der Waals surface area contributed by atoms with Crippen molar-refractivity contribution in [3.63, 3.8) is 0 Å². The van der Waals surface area contributed by atoms with E-state index in [0.717, 1.165) is 35.6 Å². The van der Waals surface area contributed by atoms with Gasteiger partial charge in [-0.2, -0.15) is 0 Å². The number of aliphatic carboxylic acids is 1. The number of nitrogens with one attached hydrogen (secondary N) is 1. The minimum absolute atomic E-state index is 0.0855. The van der Waals surface area contributed by atoms with Crippen molar-refractivity contribution >= 4 is 22.6 Å². The number of rotatable bonds is 8. The molecule has 0 unspecified atom stereocenters. The zero-order valence-corrected chi connectivity index (χ0v) is 13.4. The fourth-order valence-corrected chi connectivity index (χ4v) is 2.77. The molecule has 0 saturated heterocycles. The van der Waals surface area contributed by atoms with Gasteiger partial charge in [0.2, 0.25) is 5.91 Å². The van der Waals surface area contributed by atoms with Gasteiger partial charge >= 0.3 is 5.97 Å². The van der Waals surface area contributed by atoms with E-state index in [0.29, 0.717) is 6.42 Å². The monoisotopic (exact) mass is 313 g/mol. The molecule has 0 radical (unpaired) electrons. The summed E-state index contributed by atoms with van der Waals surface area (Å²) in [6, 6.07) is 13.1. The first-order valence-corrected chi connectivity index (χ1v) is 8.10. The van der Waals surface area contributed by atoms with E-state index >= 15 is 0 Å². The second-order valence-electron chi connectivity index (χ2n) is 5.74. The summed E-state index contributed by atoms with van der Waals surface area (Å²) >= 11 is 0.